The molecule has 20 heavy (non-hydrogen) atoms. The molecular formula is C14H18N4O2. The van der Waals surface area contributed by atoms with Crippen molar-refractivity contribution in [2.24, 2.45) is 0 Å². The molecule has 1 fully saturated rings. The molecule has 0 radical (unpaired) electrons. The summed E-state index contributed by atoms with van der Waals surface area (Å²) in [6, 6.07) is 3.75. The zero-order chi connectivity index (χ0) is 13.9. The molecule has 0 aliphatic heterocycles. The Morgan fingerprint density at radius 2 is 2.35 bits per heavy atom. The van der Waals surface area contributed by atoms with Crippen LogP contribution in [0.25, 0.3) is 5.65 Å². The van der Waals surface area contributed by atoms with Crippen LogP contribution in [0.15, 0.2) is 18.3 Å². The number of fused-ring (bicyclic) bond motifs is 1. The third kappa shape index (κ3) is 2.38. The lowest BCUT2D eigenvalue weighted by Gasteiger charge is -2.23. The van der Waals surface area contributed by atoms with E-state index < -0.39 is 0 Å². The van der Waals surface area contributed by atoms with Crippen LogP contribution in [-0.2, 0) is 9.53 Å². The SMILES string of the molecule is COCCC(=O)Nc1cccn2c(C3CCC3)nnc12. The van der Waals surface area contributed by atoms with Crippen LogP contribution in [-0.4, -0.2) is 34.2 Å². The number of hydrogen-bond acceptors (Lipinski definition) is 4. The number of hydrogen-bond donors (Lipinski definition) is 1. The Morgan fingerprint density at radius 1 is 1.50 bits per heavy atom. The average Bonchev–Trinajstić information content (AvgIpc) is 2.80. The molecular weight excluding hydrogens is 256 g/mol. The van der Waals surface area contributed by atoms with E-state index in [1.807, 2.05) is 22.7 Å². The van der Waals surface area contributed by atoms with Crippen LogP contribution in [0.2, 0.25) is 0 Å². The fourth-order valence-corrected chi connectivity index (χ4v) is 2.38. The molecule has 0 unspecified atom stereocenters. The predicted molar refractivity (Wildman–Crippen MR) is 74.7 cm³/mol. The lowest BCUT2D eigenvalue weighted by molar-refractivity contribution is -0.117. The number of nitrogens with one attached hydrogen (secondary N) is 1. The third-order valence-electron chi connectivity index (χ3n) is 3.74. The number of ether oxygens (including phenoxy) is 1. The topological polar surface area (TPSA) is 68.5 Å². The van der Waals surface area contributed by atoms with Gasteiger partial charge in [-0.25, -0.2) is 0 Å². The number of pyridine rings is 1. The van der Waals surface area contributed by atoms with Gasteiger partial charge >= 0.3 is 0 Å². The monoisotopic (exact) mass is 274 g/mol. The fourth-order valence-electron chi connectivity index (χ4n) is 2.38. The summed E-state index contributed by atoms with van der Waals surface area (Å²) in [6.45, 7) is 0.412. The highest BCUT2D eigenvalue weighted by atomic mass is 16.5. The largest absolute Gasteiger partial charge is 0.384 e. The van der Waals surface area contributed by atoms with E-state index in [0.717, 1.165) is 5.82 Å². The van der Waals surface area contributed by atoms with Crippen LogP contribution in [0.1, 0.15) is 37.4 Å². The Kier molecular flexibility index (Phi) is 3.64. The summed E-state index contributed by atoms with van der Waals surface area (Å²) < 4.78 is 6.88. The Labute approximate surface area is 117 Å². The Morgan fingerprint density at radius 3 is 3.05 bits per heavy atom. The van der Waals surface area contributed by atoms with Gasteiger partial charge in [0.25, 0.3) is 0 Å². The van der Waals surface area contributed by atoms with Gasteiger partial charge in [0.1, 0.15) is 5.82 Å². The molecule has 6 heteroatoms. The molecule has 0 bridgehead atoms. The Bertz CT molecular complexity index is 619. The molecule has 1 aliphatic carbocycles. The molecule has 1 amide bonds. The second kappa shape index (κ2) is 5.58. The van der Waals surface area contributed by atoms with E-state index in [-0.39, 0.29) is 5.91 Å². The van der Waals surface area contributed by atoms with E-state index in [1.165, 1.54) is 19.3 Å². The second-order valence-electron chi connectivity index (χ2n) is 5.09. The highest BCUT2D eigenvalue weighted by molar-refractivity contribution is 5.94. The molecule has 2 aromatic heterocycles. The number of amides is 1. The van der Waals surface area contributed by atoms with Gasteiger partial charge in [0.15, 0.2) is 5.65 Å². The number of carbonyl (C=O) groups excluding carboxylic acids is 1. The maximum Gasteiger partial charge on any atom is 0.226 e. The summed E-state index contributed by atoms with van der Waals surface area (Å²) in [7, 11) is 1.58. The number of methoxy groups -OCH3 is 1. The van der Waals surface area contributed by atoms with E-state index in [4.69, 9.17) is 4.74 Å². The first kappa shape index (κ1) is 13.1. The van der Waals surface area contributed by atoms with Crippen LogP contribution in [0.3, 0.4) is 0 Å². The van der Waals surface area contributed by atoms with Gasteiger partial charge in [-0.1, -0.05) is 6.42 Å². The first-order chi connectivity index (χ1) is 9.79. The van der Waals surface area contributed by atoms with Crippen molar-refractivity contribution in [3.8, 4) is 0 Å². The average molecular weight is 274 g/mol. The van der Waals surface area contributed by atoms with Crippen LogP contribution >= 0.6 is 0 Å². The van der Waals surface area contributed by atoms with E-state index in [2.05, 4.69) is 15.5 Å². The third-order valence-corrected chi connectivity index (χ3v) is 3.74. The highest BCUT2D eigenvalue weighted by Gasteiger charge is 2.25. The van der Waals surface area contributed by atoms with Crippen molar-refractivity contribution in [1.29, 1.82) is 0 Å². The van der Waals surface area contributed by atoms with E-state index in [0.29, 0.717) is 30.3 Å². The molecule has 2 heterocycles. The number of nitrogens with zero attached hydrogens (tertiary/aromatic N) is 3. The minimum atomic E-state index is -0.0758. The standard InChI is InChI=1S/C14H18N4O2/c1-20-9-7-12(19)15-11-6-3-8-18-13(10-4-2-5-10)16-17-14(11)18/h3,6,8,10H,2,4-5,7,9H2,1H3,(H,15,19). The van der Waals surface area contributed by atoms with Crippen LogP contribution in [0.4, 0.5) is 5.69 Å². The van der Waals surface area contributed by atoms with E-state index >= 15 is 0 Å². The van der Waals surface area contributed by atoms with Gasteiger partial charge in [-0.2, -0.15) is 0 Å². The smallest absolute Gasteiger partial charge is 0.226 e. The predicted octanol–water partition coefficient (Wildman–Crippen LogP) is 1.97. The minimum absolute atomic E-state index is 0.0758. The van der Waals surface area contributed by atoms with Crippen molar-refractivity contribution in [2.45, 2.75) is 31.6 Å². The summed E-state index contributed by atoms with van der Waals surface area (Å²) in [6.07, 6.45) is 5.89. The summed E-state index contributed by atoms with van der Waals surface area (Å²) in [4.78, 5) is 11.8. The van der Waals surface area contributed by atoms with Crippen LogP contribution < -0.4 is 5.32 Å². The lowest BCUT2D eigenvalue weighted by atomic mass is 9.85. The summed E-state index contributed by atoms with van der Waals surface area (Å²) in [5, 5.41) is 11.4. The zero-order valence-electron chi connectivity index (χ0n) is 11.5. The van der Waals surface area contributed by atoms with Crippen LogP contribution in [0, 0.1) is 0 Å². The molecule has 6 nitrogen and oxygen atoms in total. The van der Waals surface area contributed by atoms with Crippen molar-refractivity contribution in [2.75, 3.05) is 19.0 Å². The van der Waals surface area contributed by atoms with Crippen molar-refractivity contribution in [3.63, 3.8) is 0 Å². The maximum absolute atomic E-state index is 11.8. The lowest BCUT2D eigenvalue weighted by Crippen LogP contribution is -2.15. The molecule has 0 aromatic carbocycles. The molecule has 0 saturated heterocycles. The molecule has 0 spiro atoms. The second-order valence-corrected chi connectivity index (χ2v) is 5.09. The van der Waals surface area contributed by atoms with Gasteiger partial charge in [0.2, 0.25) is 5.91 Å². The first-order valence-corrected chi connectivity index (χ1v) is 6.92. The summed E-state index contributed by atoms with van der Waals surface area (Å²) in [5.41, 5.74) is 1.41. The van der Waals surface area contributed by atoms with Crippen molar-refractivity contribution in [1.82, 2.24) is 14.6 Å². The molecule has 1 N–H and O–H groups in total. The van der Waals surface area contributed by atoms with Crippen molar-refractivity contribution >= 4 is 17.2 Å². The van der Waals surface area contributed by atoms with E-state index in [1.54, 1.807) is 7.11 Å². The Hall–Kier alpha value is -1.95. The fraction of sp³-hybridized carbons (Fsp3) is 0.500. The molecule has 2 aromatic rings. The molecule has 0 atom stereocenters. The summed E-state index contributed by atoms with van der Waals surface area (Å²) in [5.74, 6) is 1.43. The van der Waals surface area contributed by atoms with Gasteiger partial charge in [-0.3, -0.25) is 9.20 Å². The number of carbonyl (C=O) groups is 1. The van der Waals surface area contributed by atoms with Gasteiger partial charge in [-0.05, 0) is 25.0 Å². The molecule has 1 aliphatic rings. The number of anilines is 1. The number of aromatic nitrogens is 3. The van der Waals surface area contributed by atoms with E-state index in [9.17, 15) is 4.79 Å². The molecule has 106 valence electrons. The highest BCUT2D eigenvalue weighted by Crippen LogP contribution is 2.35. The van der Waals surface area contributed by atoms with Gasteiger partial charge in [0.05, 0.1) is 18.7 Å². The normalized spacial score (nSPS) is 15.2. The van der Waals surface area contributed by atoms with Crippen LogP contribution in [0.5, 0.6) is 0 Å². The number of rotatable bonds is 5. The van der Waals surface area contributed by atoms with Gasteiger partial charge in [0, 0.05) is 19.2 Å². The van der Waals surface area contributed by atoms with Gasteiger partial charge < -0.3 is 10.1 Å². The van der Waals surface area contributed by atoms with Crippen molar-refractivity contribution < 1.29 is 9.53 Å². The van der Waals surface area contributed by atoms with Gasteiger partial charge in [-0.15, -0.1) is 10.2 Å². The maximum atomic E-state index is 11.8. The Balaban J connectivity index is 1.84. The minimum Gasteiger partial charge on any atom is -0.384 e. The van der Waals surface area contributed by atoms with Crippen molar-refractivity contribution in [3.05, 3.63) is 24.2 Å². The first-order valence-electron chi connectivity index (χ1n) is 6.92. The zero-order valence-corrected chi connectivity index (χ0v) is 11.5. The molecule has 1 saturated carbocycles. The quantitative estimate of drug-likeness (QED) is 0.905. The summed E-state index contributed by atoms with van der Waals surface area (Å²) >= 11 is 0. The molecule has 3 rings (SSSR count).